The Morgan fingerprint density at radius 1 is 1.19 bits per heavy atom. The average molecular weight is 415 g/mol. The first kappa shape index (κ1) is 18.6. The summed E-state index contributed by atoms with van der Waals surface area (Å²) in [6.45, 7) is 1.42. The Bertz CT molecular complexity index is 876. The van der Waals surface area contributed by atoms with Gasteiger partial charge in [-0.3, -0.25) is 15.0 Å². The molecule has 9 heteroatoms. The molecule has 2 aromatic carbocycles. The van der Waals surface area contributed by atoms with Crippen LogP contribution in [0.3, 0.4) is 0 Å². The smallest absolute Gasteiger partial charge is 0.276 e. The van der Waals surface area contributed by atoms with Gasteiger partial charge in [0.05, 0.1) is 10.6 Å². The molecule has 0 aliphatic carbocycles. The molecule has 3 rings (SSSR count). The number of ether oxygens (including phenoxy) is 1. The number of nitrogens with one attached hydrogen (secondary N) is 2. The summed E-state index contributed by atoms with van der Waals surface area (Å²) in [5.74, 6) is -0.561. The van der Waals surface area contributed by atoms with Crippen molar-refractivity contribution in [2.45, 2.75) is 13.1 Å². The summed E-state index contributed by atoms with van der Waals surface area (Å²) < 4.78 is 5.37. The maximum Gasteiger partial charge on any atom is 0.276 e. The lowest BCUT2D eigenvalue weighted by molar-refractivity contribution is -0.127. The highest BCUT2D eigenvalue weighted by atomic mass is 35.5. The Morgan fingerprint density at radius 3 is 2.62 bits per heavy atom. The Balaban J connectivity index is 1.66. The SMILES string of the molecule is CC1Nc2ccc(Cl)cc2C(=O)N1NC(=O)COc1ccc(Cl)cc1Cl. The van der Waals surface area contributed by atoms with E-state index < -0.39 is 12.1 Å². The van der Waals surface area contributed by atoms with Crippen LogP contribution in [0.2, 0.25) is 15.1 Å². The molecule has 1 unspecified atom stereocenters. The van der Waals surface area contributed by atoms with Gasteiger partial charge >= 0.3 is 0 Å². The minimum absolute atomic E-state index is 0.290. The van der Waals surface area contributed by atoms with Gasteiger partial charge in [0.1, 0.15) is 11.9 Å². The lowest BCUT2D eigenvalue weighted by Crippen LogP contribution is -2.57. The van der Waals surface area contributed by atoms with Crippen molar-refractivity contribution in [2.75, 3.05) is 11.9 Å². The maximum atomic E-state index is 12.6. The molecule has 1 heterocycles. The highest BCUT2D eigenvalue weighted by molar-refractivity contribution is 6.35. The number of benzene rings is 2. The quantitative estimate of drug-likeness (QED) is 0.794. The zero-order valence-electron chi connectivity index (χ0n) is 13.6. The Labute approximate surface area is 164 Å². The van der Waals surface area contributed by atoms with Gasteiger partial charge in [0, 0.05) is 15.7 Å². The lowest BCUT2D eigenvalue weighted by Gasteiger charge is -2.35. The third kappa shape index (κ3) is 3.98. The van der Waals surface area contributed by atoms with Crippen LogP contribution in [0.4, 0.5) is 5.69 Å². The first-order valence-electron chi connectivity index (χ1n) is 7.62. The molecule has 0 saturated heterocycles. The molecule has 2 N–H and O–H groups in total. The van der Waals surface area contributed by atoms with Crippen molar-refractivity contribution in [3.05, 3.63) is 57.0 Å². The molecule has 0 radical (unpaired) electrons. The van der Waals surface area contributed by atoms with Gasteiger partial charge in [0.25, 0.3) is 11.8 Å². The van der Waals surface area contributed by atoms with E-state index in [1.807, 2.05) is 0 Å². The zero-order valence-corrected chi connectivity index (χ0v) is 15.8. The molecule has 0 aromatic heterocycles. The fourth-order valence-electron chi connectivity index (χ4n) is 2.46. The topological polar surface area (TPSA) is 70.7 Å². The monoisotopic (exact) mass is 413 g/mol. The minimum Gasteiger partial charge on any atom is -0.482 e. The molecule has 6 nitrogen and oxygen atoms in total. The van der Waals surface area contributed by atoms with E-state index in [0.717, 1.165) is 0 Å². The molecule has 136 valence electrons. The van der Waals surface area contributed by atoms with E-state index in [2.05, 4.69) is 10.7 Å². The van der Waals surface area contributed by atoms with Crippen LogP contribution in [0.5, 0.6) is 5.75 Å². The minimum atomic E-state index is -0.511. The molecule has 1 atom stereocenters. The van der Waals surface area contributed by atoms with Crippen LogP contribution in [0.1, 0.15) is 17.3 Å². The molecule has 0 fully saturated rings. The number of amides is 2. The fourth-order valence-corrected chi connectivity index (χ4v) is 3.10. The van der Waals surface area contributed by atoms with Gasteiger partial charge in [0.2, 0.25) is 0 Å². The molecule has 2 amide bonds. The normalized spacial score (nSPS) is 15.9. The predicted octanol–water partition coefficient (Wildman–Crippen LogP) is 3.97. The van der Waals surface area contributed by atoms with Crippen molar-refractivity contribution in [3.8, 4) is 5.75 Å². The molecule has 0 spiro atoms. The van der Waals surface area contributed by atoms with Gasteiger partial charge < -0.3 is 10.1 Å². The largest absolute Gasteiger partial charge is 0.482 e. The third-order valence-electron chi connectivity index (χ3n) is 3.68. The number of hydrogen-bond acceptors (Lipinski definition) is 4. The van der Waals surface area contributed by atoms with E-state index >= 15 is 0 Å². The second kappa shape index (κ2) is 7.61. The number of hydrazine groups is 1. The molecular weight excluding hydrogens is 401 g/mol. The van der Waals surface area contributed by atoms with Crippen LogP contribution in [0.15, 0.2) is 36.4 Å². The van der Waals surface area contributed by atoms with E-state index in [9.17, 15) is 9.59 Å². The van der Waals surface area contributed by atoms with Gasteiger partial charge in [0.15, 0.2) is 6.61 Å². The average Bonchev–Trinajstić information content (AvgIpc) is 2.58. The Hall–Kier alpha value is -2.15. The van der Waals surface area contributed by atoms with E-state index in [4.69, 9.17) is 39.5 Å². The van der Waals surface area contributed by atoms with Gasteiger partial charge in [-0.1, -0.05) is 34.8 Å². The summed E-state index contributed by atoms with van der Waals surface area (Å²) in [6.07, 6.45) is -0.445. The van der Waals surface area contributed by atoms with Crippen molar-refractivity contribution in [1.82, 2.24) is 10.4 Å². The van der Waals surface area contributed by atoms with Crippen LogP contribution in [-0.4, -0.2) is 29.6 Å². The third-order valence-corrected chi connectivity index (χ3v) is 4.45. The van der Waals surface area contributed by atoms with E-state index in [1.54, 1.807) is 37.3 Å². The Morgan fingerprint density at radius 2 is 1.88 bits per heavy atom. The molecule has 2 aromatic rings. The van der Waals surface area contributed by atoms with Crippen LogP contribution in [0.25, 0.3) is 0 Å². The van der Waals surface area contributed by atoms with Gasteiger partial charge in [-0.05, 0) is 43.3 Å². The number of fused-ring (bicyclic) bond motifs is 1. The summed E-state index contributed by atoms with van der Waals surface area (Å²) in [4.78, 5) is 24.8. The number of halogens is 3. The Kier molecular flexibility index (Phi) is 5.46. The highest BCUT2D eigenvalue weighted by Gasteiger charge is 2.31. The summed E-state index contributed by atoms with van der Waals surface area (Å²) in [5, 5.41) is 5.49. The first-order valence-corrected chi connectivity index (χ1v) is 8.75. The molecule has 0 bridgehead atoms. The van der Waals surface area contributed by atoms with Gasteiger partial charge in [-0.25, -0.2) is 5.01 Å². The van der Waals surface area contributed by atoms with Crippen molar-refractivity contribution < 1.29 is 14.3 Å². The summed E-state index contributed by atoms with van der Waals surface area (Å²) in [6, 6.07) is 9.62. The number of carbonyl (C=O) groups excluding carboxylic acids is 2. The molecule has 0 saturated carbocycles. The van der Waals surface area contributed by atoms with Crippen LogP contribution in [-0.2, 0) is 4.79 Å². The standard InChI is InChI=1S/C17H14Cl3N3O3/c1-9-21-14-4-2-10(18)6-12(14)17(25)23(9)22-16(24)8-26-15-5-3-11(19)7-13(15)20/h2-7,9,21H,8H2,1H3,(H,22,24). The second-order valence-electron chi connectivity index (χ2n) is 5.58. The summed E-state index contributed by atoms with van der Waals surface area (Å²) in [7, 11) is 0. The number of nitrogens with zero attached hydrogens (tertiary/aromatic N) is 1. The second-order valence-corrected chi connectivity index (χ2v) is 6.86. The van der Waals surface area contributed by atoms with Crippen molar-refractivity contribution >= 4 is 52.3 Å². The van der Waals surface area contributed by atoms with Crippen LogP contribution < -0.4 is 15.5 Å². The number of hydrogen-bond donors (Lipinski definition) is 2. The number of carbonyl (C=O) groups is 2. The summed E-state index contributed by atoms with van der Waals surface area (Å²) in [5.41, 5.74) is 3.55. The first-order chi connectivity index (χ1) is 12.3. The fraction of sp³-hybridized carbons (Fsp3) is 0.176. The number of rotatable bonds is 4. The molecular formula is C17H14Cl3N3O3. The highest BCUT2D eigenvalue weighted by Crippen LogP contribution is 2.28. The zero-order chi connectivity index (χ0) is 18.8. The van der Waals surface area contributed by atoms with Crippen molar-refractivity contribution in [1.29, 1.82) is 0 Å². The predicted molar refractivity (Wildman–Crippen MR) is 101 cm³/mol. The van der Waals surface area contributed by atoms with E-state index in [1.165, 1.54) is 11.1 Å². The molecule has 1 aliphatic heterocycles. The summed E-state index contributed by atoms with van der Waals surface area (Å²) >= 11 is 17.8. The number of anilines is 1. The maximum absolute atomic E-state index is 12.6. The molecule has 26 heavy (non-hydrogen) atoms. The van der Waals surface area contributed by atoms with Crippen LogP contribution >= 0.6 is 34.8 Å². The molecule has 1 aliphatic rings. The van der Waals surface area contributed by atoms with Crippen molar-refractivity contribution in [3.63, 3.8) is 0 Å². The van der Waals surface area contributed by atoms with E-state index in [0.29, 0.717) is 27.0 Å². The van der Waals surface area contributed by atoms with Crippen LogP contribution in [0, 0.1) is 0 Å². The van der Waals surface area contributed by atoms with Crippen molar-refractivity contribution in [2.24, 2.45) is 0 Å². The van der Waals surface area contributed by atoms with Gasteiger partial charge in [-0.2, -0.15) is 0 Å². The lowest BCUT2D eigenvalue weighted by atomic mass is 10.1. The van der Waals surface area contributed by atoms with E-state index in [-0.39, 0.29) is 17.5 Å². The van der Waals surface area contributed by atoms with Gasteiger partial charge in [-0.15, -0.1) is 0 Å².